The Morgan fingerprint density at radius 2 is 1.39 bits per heavy atom. The molecule has 1 aromatic heterocycles. The van der Waals surface area contributed by atoms with E-state index < -0.39 is 0 Å². The summed E-state index contributed by atoms with van der Waals surface area (Å²) in [5, 5.41) is 15.1. The molecule has 0 aliphatic heterocycles. The molecule has 8 rings (SSSR count). The molecular formula is C47H36N2. The molecule has 234 valence electrons. The van der Waals surface area contributed by atoms with Crippen LogP contribution in [0.3, 0.4) is 0 Å². The van der Waals surface area contributed by atoms with E-state index in [0.717, 1.165) is 27.8 Å². The number of hydrogen-bond donors (Lipinski definition) is 1. The Morgan fingerprint density at radius 3 is 2.20 bits per heavy atom. The van der Waals surface area contributed by atoms with Gasteiger partial charge in [-0.15, -0.1) is 0 Å². The Morgan fingerprint density at radius 1 is 0.633 bits per heavy atom. The second-order valence-corrected chi connectivity index (χ2v) is 12.5. The smallest absolute Gasteiger partial charge is 0.0619 e. The molecular weight excluding hydrogens is 593 g/mol. The number of nitrogens with zero attached hydrogens (tertiary/aromatic N) is 1. The van der Waals surface area contributed by atoms with E-state index in [-0.39, 0.29) is 0 Å². The lowest BCUT2D eigenvalue weighted by atomic mass is 9.92. The minimum Gasteiger partial charge on any atom is -0.309 e. The third-order valence-corrected chi connectivity index (χ3v) is 9.73. The molecule has 1 heterocycles. The van der Waals surface area contributed by atoms with Crippen LogP contribution >= 0.6 is 0 Å². The third kappa shape index (κ3) is 5.10. The van der Waals surface area contributed by atoms with Crippen LogP contribution in [0.4, 0.5) is 0 Å². The van der Waals surface area contributed by atoms with Crippen molar-refractivity contribution < 1.29 is 0 Å². The Bertz CT molecular complexity index is 2660. The fourth-order valence-electron chi connectivity index (χ4n) is 7.34. The van der Waals surface area contributed by atoms with Crippen LogP contribution in [0.15, 0.2) is 152 Å². The molecule has 0 spiro atoms. The summed E-state index contributed by atoms with van der Waals surface area (Å²) in [6.45, 7) is 8.10. The lowest BCUT2D eigenvalue weighted by molar-refractivity contribution is 1.19. The Balaban J connectivity index is 1.39. The molecule has 8 aromatic rings. The first kappa shape index (κ1) is 30.1. The summed E-state index contributed by atoms with van der Waals surface area (Å²) in [5.74, 6) is 0. The van der Waals surface area contributed by atoms with Crippen LogP contribution in [-0.4, -0.2) is 10.8 Å². The van der Waals surface area contributed by atoms with Gasteiger partial charge in [0.2, 0.25) is 0 Å². The Kier molecular flexibility index (Phi) is 7.62. The number of rotatable bonds is 7. The van der Waals surface area contributed by atoms with Crippen LogP contribution in [0.1, 0.15) is 30.5 Å². The Hall–Kier alpha value is -6.25. The third-order valence-electron chi connectivity index (χ3n) is 9.73. The Labute approximate surface area is 287 Å². The summed E-state index contributed by atoms with van der Waals surface area (Å²) in [5.41, 5.74) is 12.5. The number of allylic oxidation sites excluding steroid dienone is 3. The molecule has 0 saturated heterocycles. The average Bonchev–Trinajstić information content (AvgIpc) is 3.49. The highest BCUT2D eigenvalue weighted by Gasteiger charge is 2.17. The van der Waals surface area contributed by atoms with Crippen LogP contribution in [0.5, 0.6) is 0 Å². The van der Waals surface area contributed by atoms with Crippen molar-refractivity contribution in [2.24, 2.45) is 0 Å². The van der Waals surface area contributed by atoms with Crippen molar-refractivity contribution >= 4 is 67.3 Å². The minimum absolute atomic E-state index is 0.915. The van der Waals surface area contributed by atoms with Crippen molar-refractivity contribution in [1.29, 1.82) is 5.41 Å². The summed E-state index contributed by atoms with van der Waals surface area (Å²) in [7, 11) is 0. The van der Waals surface area contributed by atoms with Crippen LogP contribution in [0.2, 0.25) is 0 Å². The van der Waals surface area contributed by atoms with Crippen LogP contribution in [0, 0.1) is 5.41 Å². The quantitative estimate of drug-likeness (QED) is 0.170. The van der Waals surface area contributed by atoms with E-state index in [2.05, 4.69) is 164 Å². The summed E-state index contributed by atoms with van der Waals surface area (Å²) < 4.78 is 2.44. The first-order valence-electron chi connectivity index (χ1n) is 16.8. The predicted octanol–water partition coefficient (Wildman–Crippen LogP) is 13.2. The normalized spacial score (nSPS) is 12.1. The van der Waals surface area contributed by atoms with Crippen molar-refractivity contribution in [3.8, 4) is 27.9 Å². The number of hydrogen-bond acceptors (Lipinski definition) is 1. The van der Waals surface area contributed by atoms with E-state index in [1.54, 1.807) is 0 Å². The summed E-state index contributed by atoms with van der Waals surface area (Å²) in [6.07, 6.45) is 9.62. The molecule has 0 saturated carbocycles. The highest BCUT2D eigenvalue weighted by atomic mass is 15.0. The van der Waals surface area contributed by atoms with E-state index in [0.29, 0.717) is 0 Å². The lowest BCUT2D eigenvalue weighted by Gasteiger charge is -2.13. The number of fused-ring (bicyclic) bond motifs is 6. The van der Waals surface area contributed by atoms with Gasteiger partial charge in [-0.05, 0) is 105 Å². The van der Waals surface area contributed by atoms with Gasteiger partial charge in [0, 0.05) is 28.1 Å². The largest absolute Gasteiger partial charge is 0.309 e. The SMILES string of the molecule is C=Cc1cccc(-c2cccc(-c3ccc4c5ccc6cc(/C(C=N)=C/C)ccc6c5n(-c5ccc6ccccc6c5)c4c3)c2)c1/C=C\C. The molecule has 0 amide bonds. The molecule has 0 aliphatic carbocycles. The maximum Gasteiger partial charge on any atom is 0.0619 e. The van der Waals surface area contributed by atoms with E-state index in [1.807, 2.05) is 19.1 Å². The van der Waals surface area contributed by atoms with Gasteiger partial charge in [0.15, 0.2) is 0 Å². The second kappa shape index (κ2) is 12.4. The zero-order valence-electron chi connectivity index (χ0n) is 27.7. The molecule has 1 N–H and O–H groups in total. The zero-order valence-corrected chi connectivity index (χ0v) is 27.7. The molecule has 0 aliphatic rings. The fourth-order valence-corrected chi connectivity index (χ4v) is 7.34. The number of benzene rings is 7. The van der Waals surface area contributed by atoms with Gasteiger partial charge in [-0.25, -0.2) is 0 Å². The van der Waals surface area contributed by atoms with Gasteiger partial charge >= 0.3 is 0 Å². The van der Waals surface area contributed by atoms with Crippen molar-refractivity contribution in [2.45, 2.75) is 13.8 Å². The van der Waals surface area contributed by atoms with Gasteiger partial charge in [0.25, 0.3) is 0 Å². The van der Waals surface area contributed by atoms with E-state index >= 15 is 0 Å². The van der Waals surface area contributed by atoms with E-state index in [4.69, 9.17) is 5.41 Å². The summed E-state index contributed by atoms with van der Waals surface area (Å²) in [4.78, 5) is 0. The van der Waals surface area contributed by atoms with Gasteiger partial charge in [-0.1, -0.05) is 134 Å². The summed E-state index contributed by atoms with van der Waals surface area (Å²) >= 11 is 0. The van der Waals surface area contributed by atoms with Crippen LogP contribution in [0.25, 0.3) is 89.0 Å². The maximum absolute atomic E-state index is 7.92. The molecule has 0 unspecified atom stereocenters. The highest BCUT2D eigenvalue weighted by molar-refractivity contribution is 6.20. The first-order chi connectivity index (χ1) is 24.1. The minimum atomic E-state index is 0.915. The molecule has 0 bridgehead atoms. The molecule has 2 nitrogen and oxygen atoms in total. The van der Waals surface area contributed by atoms with Gasteiger partial charge in [-0.3, -0.25) is 0 Å². The average molecular weight is 629 g/mol. The maximum atomic E-state index is 7.92. The molecule has 0 atom stereocenters. The van der Waals surface area contributed by atoms with Crippen LogP contribution in [-0.2, 0) is 0 Å². The fraction of sp³-hybridized carbons (Fsp3) is 0.0426. The van der Waals surface area contributed by atoms with Crippen LogP contribution < -0.4 is 0 Å². The zero-order chi connectivity index (χ0) is 33.5. The van der Waals surface area contributed by atoms with Gasteiger partial charge in [0.05, 0.1) is 11.0 Å². The van der Waals surface area contributed by atoms with E-state index in [9.17, 15) is 0 Å². The molecule has 7 aromatic carbocycles. The standard InChI is InChI=1S/C47H36N2/c1-4-11-41-31(5-2)14-10-17-42(41)38-16-9-15-34(26-38)37-20-24-44-45-25-21-39-27-36(32(6-3)30-48)19-23-43(39)47(45)49(46(44)29-37)40-22-18-33-12-7-8-13-35(33)28-40/h4-30,48H,2H2,1,3H3/b11-4-,32-6+,48-30?. The van der Waals surface area contributed by atoms with Gasteiger partial charge < -0.3 is 9.98 Å². The molecule has 0 fully saturated rings. The number of nitrogens with one attached hydrogen (secondary N) is 1. The highest BCUT2D eigenvalue weighted by Crippen LogP contribution is 2.40. The van der Waals surface area contributed by atoms with Gasteiger partial charge in [-0.2, -0.15) is 0 Å². The second-order valence-electron chi connectivity index (χ2n) is 12.5. The predicted molar refractivity (Wildman–Crippen MR) is 214 cm³/mol. The van der Waals surface area contributed by atoms with Crippen molar-refractivity contribution in [3.05, 3.63) is 169 Å². The number of aromatic nitrogens is 1. The molecule has 0 radical (unpaired) electrons. The first-order valence-corrected chi connectivity index (χ1v) is 16.8. The lowest BCUT2D eigenvalue weighted by Crippen LogP contribution is -1.95. The van der Waals surface area contributed by atoms with Gasteiger partial charge in [0.1, 0.15) is 0 Å². The summed E-state index contributed by atoms with van der Waals surface area (Å²) in [6, 6.07) is 48.6. The monoisotopic (exact) mass is 628 g/mol. The van der Waals surface area contributed by atoms with Crippen molar-refractivity contribution in [1.82, 2.24) is 4.57 Å². The molecule has 2 heteroatoms. The van der Waals surface area contributed by atoms with Crippen molar-refractivity contribution in [3.63, 3.8) is 0 Å². The van der Waals surface area contributed by atoms with E-state index in [1.165, 1.54) is 72.0 Å². The topological polar surface area (TPSA) is 28.8 Å². The molecule has 49 heavy (non-hydrogen) atoms. The van der Waals surface area contributed by atoms with Crippen molar-refractivity contribution in [2.75, 3.05) is 0 Å².